The fraction of sp³-hybridized carbons (Fsp3) is 0.526. The van der Waals surface area contributed by atoms with E-state index in [4.69, 9.17) is 0 Å². The van der Waals surface area contributed by atoms with Gasteiger partial charge in [0.1, 0.15) is 6.54 Å². The molecular formula is C19H26N4O3. The van der Waals surface area contributed by atoms with E-state index in [-0.39, 0.29) is 24.4 Å². The fourth-order valence-electron chi connectivity index (χ4n) is 3.69. The quantitative estimate of drug-likeness (QED) is 0.871. The minimum absolute atomic E-state index is 0.0296. The molecule has 2 fully saturated rings. The topological polar surface area (TPSA) is 81.8 Å². The van der Waals surface area contributed by atoms with Gasteiger partial charge in [0.15, 0.2) is 0 Å². The van der Waals surface area contributed by atoms with Crippen molar-refractivity contribution < 1.29 is 14.4 Å². The van der Waals surface area contributed by atoms with E-state index in [2.05, 4.69) is 10.6 Å². The van der Waals surface area contributed by atoms with Crippen molar-refractivity contribution in [1.82, 2.24) is 9.80 Å². The first-order valence-electron chi connectivity index (χ1n) is 9.17. The predicted molar refractivity (Wildman–Crippen MR) is 100 cm³/mol. The summed E-state index contributed by atoms with van der Waals surface area (Å²) < 4.78 is 0. The summed E-state index contributed by atoms with van der Waals surface area (Å²) in [4.78, 5) is 39.7. The van der Waals surface area contributed by atoms with Crippen LogP contribution in [0.4, 0.5) is 16.2 Å². The third-order valence-electron chi connectivity index (χ3n) is 5.11. The van der Waals surface area contributed by atoms with Gasteiger partial charge in [-0.1, -0.05) is 18.9 Å². The van der Waals surface area contributed by atoms with E-state index < -0.39 is 0 Å². The maximum atomic E-state index is 12.6. The zero-order chi connectivity index (χ0) is 18.7. The van der Waals surface area contributed by atoms with Crippen molar-refractivity contribution in [1.29, 1.82) is 0 Å². The summed E-state index contributed by atoms with van der Waals surface area (Å²) in [5, 5.41) is 5.57. The van der Waals surface area contributed by atoms with E-state index in [9.17, 15) is 14.4 Å². The molecule has 3 rings (SSSR count). The first-order valence-corrected chi connectivity index (χ1v) is 9.17. The Hall–Kier alpha value is -2.57. The molecule has 0 spiro atoms. The highest BCUT2D eigenvalue weighted by molar-refractivity contribution is 5.95. The molecule has 1 aromatic carbocycles. The highest BCUT2D eigenvalue weighted by Crippen LogP contribution is 2.25. The predicted octanol–water partition coefficient (Wildman–Crippen LogP) is 2.57. The fourth-order valence-corrected chi connectivity index (χ4v) is 3.69. The van der Waals surface area contributed by atoms with E-state index in [1.54, 1.807) is 17.0 Å². The molecule has 140 valence electrons. The number of nitrogens with zero attached hydrogens (tertiary/aromatic N) is 2. The number of hydrogen-bond donors (Lipinski definition) is 2. The van der Waals surface area contributed by atoms with Gasteiger partial charge in [0, 0.05) is 37.4 Å². The van der Waals surface area contributed by atoms with Crippen molar-refractivity contribution >= 4 is 29.2 Å². The summed E-state index contributed by atoms with van der Waals surface area (Å²) in [6.07, 6.45) is 4.52. The van der Waals surface area contributed by atoms with Gasteiger partial charge in [0.25, 0.3) is 0 Å². The Kier molecular flexibility index (Phi) is 5.44. The highest BCUT2D eigenvalue weighted by atomic mass is 16.2. The monoisotopic (exact) mass is 358 g/mol. The van der Waals surface area contributed by atoms with E-state index in [1.807, 2.05) is 17.9 Å². The van der Waals surface area contributed by atoms with Crippen LogP contribution in [-0.4, -0.2) is 53.3 Å². The van der Waals surface area contributed by atoms with Crippen LogP contribution in [0, 0.1) is 6.92 Å². The summed E-state index contributed by atoms with van der Waals surface area (Å²) >= 11 is 0. The van der Waals surface area contributed by atoms with Crippen molar-refractivity contribution in [2.24, 2.45) is 0 Å². The average Bonchev–Trinajstić information content (AvgIpc) is 3.11. The number of benzene rings is 1. The maximum Gasteiger partial charge on any atom is 0.322 e. The summed E-state index contributed by atoms with van der Waals surface area (Å²) in [7, 11) is 0. The van der Waals surface area contributed by atoms with Gasteiger partial charge in [-0.25, -0.2) is 4.79 Å². The number of urea groups is 1. The molecule has 0 unspecified atom stereocenters. The van der Waals surface area contributed by atoms with Crippen LogP contribution >= 0.6 is 0 Å². The standard InChI is InChI=1S/C19H26N4O3/c1-13-7-8-15(20-14(2)24)11-17(13)21-19(26)22-9-10-23(18(25)12-22)16-5-3-4-6-16/h7-8,11,16H,3-6,9-10,12H2,1-2H3,(H,20,24)(H,21,26). The minimum atomic E-state index is -0.285. The first-order chi connectivity index (χ1) is 12.4. The summed E-state index contributed by atoms with van der Waals surface area (Å²) in [6.45, 7) is 4.58. The van der Waals surface area contributed by atoms with E-state index in [1.165, 1.54) is 19.8 Å². The third kappa shape index (κ3) is 4.15. The zero-order valence-electron chi connectivity index (χ0n) is 15.4. The molecule has 1 saturated heterocycles. The Morgan fingerprint density at radius 3 is 2.50 bits per heavy atom. The SMILES string of the molecule is CC(=O)Nc1ccc(C)c(NC(=O)N2CCN(C3CCCC3)C(=O)C2)c1. The summed E-state index contributed by atoms with van der Waals surface area (Å²) in [6, 6.07) is 5.42. The van der Waals surface area contributed by atoms with Gasteiger partial charge in [-0.2, -0.15) is 0 Å². The van der Waals surface area contributed by atoms with Crippen LogP contribution < -0.4 is 10.6 Å². The normalized spacial score (nSPS) is 18.2. The third-order valence-corrected chi connectivity index (χ3v) is 5.11. The Labute approximate surface area is 153 Å². The van der Waals surface area contributed by atoms with Crippen LogP contribution in [0.1, 0.15) is 38.2 Å². The van der Waals surface area contributed by atoms with Crippen molar-refractivity contribution in [2.75, 3.05) is 30.3 Å². The molecule has 1 aliphatic carbocycles. The number of amides is 4. The molecule has 0 aromatic heterocycles. The molecule has 1 heterocycles. The lowest BCUT2D eigenvalue weighted by Crippen LogP contribution is -2.55. The highest BCUT2D eigenvalue weighted by Gasteiger charge is 2.32. The Morgan fingerprint density at radius 1 is 1.12 bits per heavy atom. The van der Waals surface area contributed by atoms with Crippen molar-refractivity contribution in [3.63, 3.8) is 0 Å². The summed E-state index contributed by atoms with van der Waals surface area (Å²) in [5.41, 5.74) is 2.15. The molecule has 0 atom stereocenters. The van der Waals surface area contributed by atoms with Gasteiger partial charge in [-0.15, -0.1) is 0 Å². The molecule has 4 amide bonds. The smallest absolute Gasteiger partial charge is 0.322 e. The van der Waals surface area contributed by atoms with Crippen molar-refractivity contribution in [3.8, 4) is 0 Å². The molecule has 0 radical (unpaired) electrons. The number of hydrogen-bond acceptors (Lipinski definition) is 3. The molecule has 0 bridgehead atoms. The zero-order valence-corrected chi connectivity index (χ0v) is 15.4. The van der Waals surface area contributed by atoms with Gasteiger partial charge in [-0.05, 0) is 37.5 Å². The summed E-state index contributed by atoms with van der Waals surface area (Å²) in [5.74, 6) is -0.137. The number of carbonyl (C=O) groups is 3. The first kappa shape index (κ1) is 18.2. The molecule has 26 heavy (non-hydrogen) atoms. The van der Waals surface area contributed by atoms with Crippen LogP contribution in [-0.2, 0) is 9.59 Å². The number of rotatable bonds is 3. The van der Waals surface area contributed by atoms with Gasteiger partial charge in [-0.3, -0.25) is 9.59 Å². The molecule has 2 N–H and O–H groups in total. The van der Waals surface area contributed by atoms with Gasteiger partial charge in [0.05, 0.1) is 0 Å². The second-order valence-electron chi connectivity index (χ2n) is 7.09. The van der Waals surface area contributed by atoms with E-state index in [0.717, 1.165) is 18.4 Å². The number of carbonyl (C=O) groups excluding carboxylic acids is 3. The minimum Gasteiger partial charge on any atom is -0.336 e. The van der Waals surface area contributed by atoms with Crippen LogP contribution in [0.25, 0.3) is 0 Å². The number of piperazine rings is 1. The average molecular weight is 358 g/mol. The number of aryl methyl sites for hydroxylation is 1. The van der Waals surface area contributed by atoms with Gasteiger partial charge < -0.3 is 20.4 Å². The lowest BCUT2D eigenvalue weighted by atomic mass is 10.1. The molecule has 1 saturated carbocycles. The molecule has 7 nitrogen and oxygen atoms in total. The largest absolute Gasteiger partial charge is 0.336 e. The molecule has 2 aliphatic rings. The molecular weight excluding hydrogens is 332 g/mol. The molecule has 7 heteroatoms. The van der Waals surface area contributed by atoms with Crippen LogP contribution in [0.3, 0.4) is 0 Å². The van der Waals surface area contributed by atoms with E-state index in [0.29, 0.717) is 30.5 Å². The second-order valence-corrected chi connectivity index (χ2v) is 7.09. The molecule has 1 aromatic rings. The Balaban J connectivity index is 1.62. The van der Waals surface area contributed by atoms with Gasteiger partial charge in [0.2, 0.25) is 11.8 Å². The second kappa shape index (κ2) is 7.76. The number of nitrogens with one attached hydrogen (secondary N) is 2. The lowest BCUT2D eigenvalue weighted by Gasteiger charge is -2.37. The lowest BCUT2D eigenvalue weighted by molar-refractivity contribution is -0.137. The van der Waals surface area contributed by atoms with Crippen LogP contribution in [0.15, 0.2) is 18.2 Å². The number of anilines is 2. The van der Waals surface area contributed by atoms with Crippen molar-refractivity contribution in [2.45, 2.75) is 45.6 Å². The van der Waals surface area contributed by atoms with Crippen LogP contribution in [0.2, 0.25) is 0 Å². The van der Waals surface area contributed by atoms with Crippen molar-refractivity contribution in [3.05, 3.63) is 23.8 Å². The Bertz CT molecular complexity index is 713. The van der Waals surface area contributed by atoms with E-state index >= 15 is 0 Å². The molecule has 1 aliphatic heterocycles. The van der Waals surface area contributed by atoms with Gasteiger partial charge >= 0.3 is 6.03 Å². The Morgan fingerprint density at radius 2 is 1.85 bits per heavy atom. The maximum absolute atomic E-state index is 12.6. The van der Waals surface area contributed by atoms with Crippen LogP contribution in [0.5, 0.6) is 0 Å².